The first-order valence-electron chi connectivity index (χ1n) is 5.91. The van der Waals surface area contributed by atoms with Gasteiger partial charge in [0.2, 0.25) is 0 Å². The summed E-state index contributed by atoms with van der Waals surface area (Å²) in [5.41, 5.74) is 0.0373. The van der Waals surface area contributed by atoms with Gasteiger partial charge in [-0.3, -0.25) is 4.79 Å². The fraction of sp³-hybridized carbons (Fsp3) is 0.417. The number of benzene rings is 1. The number of hydrogen-bond acceptors (Lipinski definition) is 4. The number of halogens is 2. The smallest absolute Gasteiger partial charge is 0.265 e. The molecule has 1 amide bonds. The summed E-state index contributed by atoms with van der Waals surface area (Å²) in [7, 11) is 2.51. The normalized spacial score (nSPS) is 11.2. The minimum atomic E-state index is -4.07. The van der Waals surface area contributed by atoms with Crippen LogP contribution in [0, 0.1) is 0 Å². The third-order valence-corrected chi connectivity index (χ3v) is 4.09. The monoisotopic (exact) mass is 339 g/mol. The molecule has 0 radical (unpaired) electrons. The van der Waals surface area contributed by atoms with Crippen molar-refractivity contribution in [3.05, 3.63) is 22.7 Å². The summed E-state index contributed by atoms with van der Waals surface area (Å²) in [4.78, 5) is 11.7. The maximum Gasteiger partial charge on any atom is 0.265 e. The van der Waals surface area contributed by atoms with Crippen LogP contribution >= 0.6 is 22.3 Å². The zero-order chi connectivity index (χ0) is 15.3. The molecule has 0 saturated heterocycles. The third-order valence-electron chi connectivity index (χ3n) is 2.55. The molecule has 112 valence electrons. The van der Waals surface area contributed by atoms with E-state index in [1.165, 1.54) is 13.2 Å². The number of nitrogens with one attached hydrogen (secondary N) is 1. The van der Waals surface area contributed by atoms with Gasteiger partial charge in [-0.05, 0) is 18.6 Å². The van der Waals surface area contributed by atoms with Crippen LogP contribution in [0.2, 0.25) is 5.02 Å². The number of methoxy groups -OCH3 is 1. The quantitative estimate of drug-likeness (QED) is 0.638. The van der Waals surface area contributed by atoms with Crippen molar-refractivity contribution < 1.29 is 17.9 Å². The highest BCUT2D eigenvalue weighted by atomic mass is 35.7. The predicted molar refractivity (Wildman–Crippen MR) is 78.3 cm³/mol. The van der Waals surface area contributed by atoms with Crippen molar-refractivity contribution in [2.75, 3.05) is 13.7 Å². The zero-order valence-corrected chi connectivity index (χ0v) is 13.4. The number of rotatable bonds is 6. The number of amides is 1. The Morgan fingerprint density at radius 1 is 1.40 bits per heavy atom. The van der Waals surface area contributed by atoms with Crippen molar-refractivity contribution in [1.82, 2.24) is 5.32 Å². The molecule has 0 fully saturated rings. The summed E-state index contributed by atoms with van der Waals surface area (Å²) in [6.07, 6.45) is 1.74. The average Bonchev–Trinajstić information content (AvgIpc) is 2.36. The van der Waals surface area contributed by atoms with E-state index < -0.39 is 15.0 Å². The molecule has 0 saturated carbocycles. The highest BCUT2D eigenvalue weighted by Gasteiger charge is 2.24. The van der Waals surface area contributed by atoms with Crippen LogP contribution in [0.4, 0.5) is 0 Å². The summed E-state index contributed by atoms with van der Waals surface area (Å²) in [6.45, 7) is 2.47. The Hall–Kier alpha value is -0.980. The van der Waals surface area contributed by atoms with Crippen LogP contribution in [-0.4, -0.2) is 28.0 Å². The van der Waals surface area contributed by atoms with Gasteiger partial charge in [0.1, 0.15) is 4.90 Å². The molecule has 0 aliphatic heterocycles. The van der Waals surface area contributed by atoms with Gasteiger partial charge in [0.05, 0.1) is 12.7 Å². The first-order chi connectivity index (χ1) is 9.31. The Bertz CT molecular complexity index is 602. The van der Waals surface area contributed by atoms with Crippen molar-refractivity contribution in [1.29, 1.82) is 0 Å². The van der Waals surface area contributed by atoms with Gasteiger partial charge in [-0.15, -0.1) is 0 Å². The second kappa shape index (κ2) is 7.15. The molecule has 0 heterocycles. The summed E-state index contributed by atoms with van der Waals surface area (Å²) in [6, 6.07) is 2.48. The molecular formula is C12H15Cl2NO4S. The molecule has 1 aromatic rings. The molecule has 0 atom stereocenters. The van der Waals surface area contributed by atoms with E-state index in [0.29, 0.717) is 6.54 Å². The van der Waals surface area contributed by atoms with Gasteiger partial charge in [-0.25, -0.2) is 8.42 Å². The minimum absolute atomic E-state index is 0.0373. The van der Waals surface area contributed by atoms with Gasteiger partial charge in [-0.1, -0.05) is 24.9 Å². The van der Waals surface area contributed by atoms with Gasteiger partial charge in [-0.2, -0.15) is 0 Å². The molecule has 1 N–H and O–H groups in total. The molecule has 8 heteroatoms. The van der Waals surface area contributed by atoms with Crippen molar-refractivity contribution in [2.45, 2.75) is 24.7 Å². The molecule has 20 heavy (non-hydrogen) atoms. The largest absolute Gasteiger partial charge is 0.494 e. The Balaban J connectivity index is 3.26. The Labute approximate surface area is 127 Å². The van der Waals surface area contributed by atoms with Crippen LogP contribution < -0.4 is 10.1 Å². The fourth-order valence-corrected chi connectivity index (χ4v) is 2.91. The van der Waals surface area contributed by atoms with Crippen LogP contribution in [0.25, 0.3) is 0 Å². The van der Waals surface area contributed by atoms with Crippen LogP contribution in [0.3, 0.4) is 0 Å². The lowest BCUT2D eigenvalue weighted by molar-refractivity contribution is 0.0949. The average molecular weight is 340 g/mol. The third kappa shape index (κ3) is 4.26. The van der Waals surface area contributed by atoms with Gasteiger partial charge in [0.15, 0.2) is 5.75 Å². The number of carbonyl (C=O) groups excluding carboxylic acids is 1. The van der Waals surface area contributed by atoms with Gasteiger partial charge >= 0.3 is 0 Å². The second-order valence-electron chi connectivity index (χ2n) is 4.03. The molecule has 1 rings (SSSR count). The molecule has 0 bridgehead atoms. The summed E-state index contributed by atoms with van der Waals surface area (Å²) < 4.78 is 28.0. The van der Waals surface area contributed by atoms with Gasteiger partial charge < -0.3 is 10.1 Å². The van der Waals surface area contributed by atoms with E-state index in [4.69, 9.17) is 27.0 Å². The lowest BCUT2D eigenvalue weighted by atomic mass is 10.2. The van der Waals surface area contributed by atoms with Crippen molar-refractivity contribution in [3.8, 4) is 5.75 Å². The van der Waals surface area contributed by atoms with Gasteiger partial charge in [0.25, 0.3) is 15.0 Å². The van der Waals surface area contributed by atoms with Crippen LogP contribution in [0.15, 0.2) is 17.0 Å². The summed E-state index contributed by atoms with van der Waals surface area (Å²) in [5, 5.41) is 2.75. The highest BCUT2D eigenvalue weighted by Crippen LogP contribution is 2.33. The number of carbonyl (C=O) groups is 1. The molecule has 1 aromatic carbocycles. The number of ether oxygens (including phenoxy) is 1. The lowest BCUT2D eigenvalue weighted by Crippen LogP contribution is -2.25. The first kappa shape index (κ1) is 17.1. The highest BCUT2D eigenvalue weighted by molar-refractivity contribution is 8.13. The van der Waals surface area contributed by atoms with Crippen molar-refractivity contribution in [2.24, 2.45) is 0 Å². The van der Waals surface area contributed by atoms with E-state index in [9.17, 15) is 13.2 Å². The Kier molecular flexibility index (Phi) is 6.10. The lowest BCUT2D eigenvalue weighted by Gasteiger charge is -2.12. The van der Waals surface area contributed by atoms with E-state index >= 15 is 0 Å². The van der Waals surface area contributed by atoms with E-state index in [1.807, 2.05) is 6.92 Å². The van der Waals surface area contributed by atoms with E-state index in [-0.39, 0.29) is 21.2 Å². The maximum atomic E-state index is 12.0. The zero-order valence-electron chi connectivity index (χ0n) is 11.1. The summed E-state index contributed by atoms with van der Waals surface area (Å²) in [5.74, 6) is -0.572. The van der Waals surface area contributed by atoms with Crippen molar-refractivity contribution in [3.63, 3.8) is 0 Å². The molecule has 5 nitrogen and oxygen atoms in total. The van der Waals surface area contributed by atoms with Crippen molar-refractivity contribution >= 4 is 37.2 Å². The Morgan fingerprint density at radius 3 is 2.55 bits per heavy atom. The van der Waals surface area contributed by atoms with E-state index in [1.54, 1.807) is 0 Å². The predicted octanol–water partition coefficient (Wildman–Crippen LogP) is 2.81. The first-order valence-corrected chi connectivity index (χ1v) is 8.60. The molecule has 0 aromatic heterocycles. The SMILES string of the molecule is CCCCNC(=O)c1cc(Cl)cc(S(=O)(=O)Cl)c1OC. The number of unbranched alkanes of at least 4 members (excludes halogenated alkanes) is 1. The molecule has 0 unspecified atom stereocenters. The topological polar surface area (TPSA) is 72.5 Å². The molecule has 0 aliphatic rings. The fourth-order valence-electron chi connectivity index (χ4n) is 1.60. The van der Waals surface area contributed by atoms with Crippen LogP contribution in [0.5, 0.6) is 5.75 Å². The van der Waals surface area contributed by atoms with E-state index in [0.717, 1.165) is 18.9 Å². The molecule has 0 aliphatic carbocycles. The second-order valence-corrected chi connectivity index (χ2v) is 7.00. The number of hydrogen-bond donors (Lipinski definition) is 1. The maximum absolute atomic E-state index is 12.0. The Morgan fingerprint density at radius 2 is 2.05 bits per heavy atom. The van der Waals surface area contributed by atoms with Crippen LogP contribution in [0.1, 0.15) is 30.1 Å². The van der Waals surface area contributed by atoms with Crippen LogP contribution in [-0.2, 0) is 9.05 Å². The van der Waals surface area contributed by atoms with Gasteiger partial charge in [0, 0.05) is 22.2 Å². The minimum Gasteiger partial charge on any atom is -0.494 e. The molecular weight excluding hydrogens is 325 g/mol. The summed E-state index contributed by atoms with van der Waals surface area (Å²) >= 11 is 5.83. The standard InChI is InChI=1S/C12H15Cl2NO4S/c1-3-4-5-15-12(16)9-6-8(13)7-10(11(9)19-2)20(14,17)18/h6-7H,3-5H2,1-2H3,(H,15,16). The molecule has 0 spiro atoms. The van der Waals surface area contributed by atoms with E-state index in [2.05, 4.69) is 5.32 Å².